The van der Waals surface area contributed by atoms with Crippen LogP contribution >= 0.6 is 25.5 Å². The summed E-state index contributed by atoms with van der Waals surface area (Å²) in [6.07, 6.45) is 0.0967. The van der Waals surface area contributed by atoms with Gasteiger partial charge in [-0.3, -0.25) is 6.79 Å². The number of ether oxygens (including phenoxy) is 2. The van der Waals surface area contributed by atoms with Crippen molar-refractivity contribution >= 4 is 65.5 Å². The Morgan fingerprint density at radius 2 is 0.894 bits per heavy atom. The van der Waals surface area contributed by atoms with Gasteiger partial charge in [0.05, 0.1) is 62.6 Å². The summed E-state index contributed by atoms with van der Waals surface area (Å²) in [4.78, 5) is 28.9. The molecule has 0 radical (unpaired) electrons. The van der Waals surface area contributed by atoms with Crippen LogP contribution in [0.25, 0.3) is 0 Å². The number of halogens is 2. The molecule has 0 atom stereocenters. The number of hydrogen-bond acceptors (Lipinski definition) is 6. The van der Waals surface area contributed by atoms with Gasteiger partial charge < -0.3 is 19.6 Å². The molecular formula is C36H44ClFNO5P2Ru+3. The zero-order chi connectivity index (χ0) is 34.7. The standard InChI is InChI=1S/C28H29NP2.C7H11FO4.CHO.ClH.Ru.H/c1-5-13-25(14-6-1)30(26-15-7-2-8-16-26)23-21-29-22-24-31(27-17-9-3-10-18-27)28-19-11-4-12-20-28;1-3-11-6(9)5(8)7(10)12-4-2;1-2;;;/h1-20,29H,21-24H2;5H,3-4H2,1-2H3;1H;1H;;/q;;-1;;+3;/p+1. The van der Waals surface area contributed by atoms with Crippen molar-refractivity contribution in [1.82, 2.24) is 5.32 Å². The first-order chi connectivity index (χ1) is 23.0. The zero-order valence-corrected chi connectivity index (χ0v) is 31.2. The van der Waals surface area contributed by atoms with Crippen LogP contribution in [0.3, 0.4) is 0 Å². The van der Waals surface area contributed by atoms with Gasteiger partial charge in [-0.05, 0) is 62.4 Å². The number of benzene rings is 4. The molecule has 0 amide bonds. The van der Waals surface area contributed by atoms with Crippen LogP contribution in [0.15, 0.2) is 121 Å². The molecule has 0 heterocycles. The molecular weight excluding hydrogens is 744 g/mol. The second-order valence-corrected chi connectivity index (χ2v) is 14.8. The Morgan fingerprint density at radius 1 is 0.638 bits per heavy atom. The van der Waals surface area contributed by atoms with Crippen molar-refractivity contribution in [1.29, 1.82) is 0 Å². The summed E-state index contributed by atoms with van der Waals surface area (Å²) in [5, 5.41) is 9.77. The van der Waals surface area contributed by atoms with Gasteiger partial charge in [0.15, 0.2) is 0 Å². The van der Waals surface area contributed by atoms with Gasteiger partial charge in [-0.25, -0.2) is 14.0 Å². The predicted octanol–water partition coefficient (Wildman–Crippen LogP) is 4.90. The van der Waals surface area contributed by atoms with E-state index in [1.54, 1.807) is 17.3 Å². The van der Waals surface area contributed by atoms with Crippen LogP contribution in [0.5, 0.6) is 0 Å². The molecule has 0 aromatic heterocycles. The molecule has 0 fully saturated rings. The Balaban J connectivity index is 0.000000584. The normalized spacial score (nSPS) is 10.0. The summed E-state index contributed by atoms with van der Waals surface area (Å²) in [5.74, 6) is -2.40. The van der Waals surface area contributed by atoms with E-state index in [0.29, 0.717) is 0 Å². The van der Waals surface area contributed by atoms with Gasteiger partial charge in [0, 0.05) is 13.1 Å². The Morgan fingerprint density at radius 3 is 1.13 bits per heavy atom. The molecule has 11 heteroatoms. The maximum absolute atomic E-state index is 12.6. The first-order valence-electron chi connectivity index (χ1n) is 15.0. The number of rotatable bonds is 14. The molecule has 4 aromatic carbocycles. The van der Waals surface area contributed by atoms with Crippen LogP contribution in [-0.4, -0.2) is 63.5 Å². The number of carbonyl (C=O) groups excluding carboxylic acids is 3. The van der Waals surface area contributed by atoms with Crippen LogP contribution in [0.2, 0.25) is 0 Å². The van der Waals surface area contributed by atoms with E-state index in [9.17, 15) is 14.0 Å². The maximum atomic E-state index is 12.6. The molecule has 4 rings (SSSR count). The topological polar surface area (TPSA) is 81.7 Å². The average molecular weight is 788 g/mol. The molecule has 0 aliphatic heterocycles. The van der Waals surface area contributed by atoms with Crippen LogP contribution in [-0.2, 0) is 41.2 Å². The van der Waals surface area contributed by atoms with Gasteiger partial charge in [0.25, 0.3) is 6.17 Å². The maximum Gasteiger partial charge on any atom is 0.0967 e. The molecule has 0 bridgehead atoms. The Bertz CT molecular complexity index is 1180. The first kappa shape index (κ1) is 42.2. The van der Waals surface area contributed by atoms with Crippen LogP contribution in [0.1, 0.15) is 13.8 Å². The smallest absolute Gasteiger partial charge is 0.0967 e. The molecule has 0 saturated heterocycles. The number of carbonyl (C=O) groups is 2. The summed E-state index contributed by atoms with van der Waals surface area (Å²) >= 11 is 1.62. The molecule has 0 spiro atoms. The van der Waals surface area contributed by atoms with E-state index < -0.39 is 34.0 Å². The van der Waals surface area contributed by atoms with Crippen molar-refractivity contribution in [3.63, 3.8) is 0 Å². The van der Waals surface area contributed by atoms with Gasteiger partial charge >= 0.3 is 38.9 Å². The number of alkyl halides is 1. The molecule has 47 heavy (non-hydrogen) atoms. The first-order valence-corrected chi connectivity index (χ1v) is 20.8. The molecule has 1 N–H and O–H groups in total. The van der Waals surface area contributed by atoms with Crippen LogP contribution < -0.4 is 26.5 Å². The van der Waals surface area contributed by atoms with E-state index in [1.807, 2.05) is 0 Å². The van der Waals surface area contributed by atoms with E-state index in [4.69, 9.17) is 4.79 Å². The minimum Gasteiger partial charge on any atom is -0.310 e. The minimum atomic E-state index is -2.31. The van der Waals surface area contributed by atoms with Crippen molar-refractivity contribution in [2.75, 3.05) is 38.6 Å². The van der Waals surface area contributed by atoms with Crippen LogP contribution in [0, 0.1) is 0 Å². The zero-order valence-electron chi connectivity index (χ0n) is 26.6. The molecule has 0 aliphatic rings. The fraction of sp³-hybridized carbons (Fsp3) is 0.250. The molecule has 6 nitrogen and oxygen atoms in total. The van der Waals surface area contributed by atoms with Crippen LogP contribution in [0.4, 0.5) is 4.39 Å². The largest absolute Gasteiger partial charge is 0.310 e. The molecule has 0 saturated carbocycles. The van der Waals surface area contributed by atoms with Gasteiger partial charge in [-0.15, -0.1) is 0 Å². The second-order valence-electron chi connectivity index (χ2n) is 9.54. The van der Waals surface area contributed by atoms with Gasteiger partial charge in [0.2, 0.25) is 0 Å². The van der Waals surface area contributed by atoms with Gasteiger partial charge in [-0.1, -0.05) is 72.8 Å². The SMILES string of the molecule is CCOC(=O)C(F)C(=O)OCC.[CH-]=O.[Cl][RuH+2].c1ccc([PH+](CCNCC[PH+](c2ccccc2)c2ccccc2)c2ccccc2)cc1. The number of hydrogen-bond donors (Lipinski definition) is 1. The third-order valence-electron chi connectivity index (χ3n) is 6.58. The molecule has 252 valence electrons. The van der Waals surface area contributed by atoms with E-state index >= 15 is 0 Å². The average Bonchev–Trinajstić information content (AvgIpc) is 3.14. The predicted molar refractivity (Wildman–Crippen MR) is 196 cm³/mol. The van der Waals surface area contributed by atoms with E-state index in [1.165, 1.54) is 47.4 Å². The van der Waals surface area contributed by atoms with Crippen molar-refractivity contribution in [2.24, 2.45) is 0 Å². The summed E-state index contributed by atoms with van der Waals surface area (Å²) in [6.45, 7) is 8.51. The summed E-state index contributed by atoms with van der Waals surface area (Å²) in [5.41, 5.74) is 0. The fourth-order valence-electron chi connectivity index (χ4n) is 4.55. The fourth-order valence-corrected chi connectivity index (χ4v) is 9.60. The van der Waals surface area contributed by atoms with E-state index in [0.717, 1.165) is 13.1 Å². The summed E-state index contributed by atoms with van der Waals surface area (Å²) in [7, 11) is 3.09. The van der Waals surface area contributed by atoms with E-state index in [2.05, 4.69) is 153 Å². The summed E-state index contributed by atoms with van der Waals surface area (Å²) < 4.78 is 21.1. The minimum absolute atomic E-state index is 0.0403. The van der Waals surface area contributed by atoms with Crippen molar-refractivity contribution in [3.05, 3.63) is 121 Å². The van der Waals surface area contributed by atoms with Gasteiger partial charge in [-0.2, -0.15) is 0 Å². The Hall–Kier alpha value is -2.85. The van der Waals surface area contributed by atoms with E-state index in [-0.39, 0.29) is 13.2 Å². The third-order valence-corrected chi connectivity index (χ3v) is 12.2. The van der Waals surface area contributed by atoms with Gasteiger partial charge in [0.1, 0.15) is 0 Å². The third kappa shape index (κ3) is 16.2. The van der Waals surface area contributed by atoms with Crippen molar-refractivity contribution in [3.8, 4) is 0 Å². The Kier molecular flexibility index (Phi) is 24.4. The molecule has 0 aliphatic carbocycles. The second kappa shape index (κ2) is 27.1. The monoisotopic (exact) mass is 788 g/mol. The molecule has 4 aromatic rings. The number of nitrogens with one attached hydrogen (secondary N) is 1. The quantitative estimate of drug-likeness (QED) is 0.0373. The Labute approximate surface area is 295 Å². The molecule has 0 unspecified atom stereocenters. The summed E-state index contributed by atoms with van der Waals surface area (Å²) in [6, 6.07) is 44.2. The number of esters is 2. The van der Waals surface area contributed by atoms with Crippen molar-refractivity contribution < 1.29 is 45.6 Å². The van der Waals surface area contributed by atoms with Crippen molar-refractivity contribution in [2.45, 2.75) is 20.0 Å².